The highest BCUT2D eigenvalue weighted by atomic mass is 32.1. The Bertz CT molecular complexity index is 513. The van der Waals surface area contributed by atoms with Crippen molar-refractivity contribution < 1.29 is 9.53 Å². The van der Waals surface area contributed by atoms with Gasteiger partial charge in [0, 0.05) is 10.6 Å². The maximum atomic E-state index is 9.94. The highest BCUT2D eigenvalue weighted by molar-refractivity contribution is 7.84. The van der Waals surface area contributed by atoms with Crippen LogP contribution in [0.25, 0.3) is 0 Å². The van der Waals surface area contributed by atoms with Crippen molar-refractivity contribution in [1.29, 1.82) is 0 Å². The standard InChI is InChI=1S/C9H10O2.C7H9NS/c1-8-3-2-4-9(7-8)11-6-5-10;8-6-4-2-1-3-5-7(6)9/h2-5,7H,6H2,1H3;2-5,9H,1,8H2. The lowest BCUT2D eigenvalue weighted by Crippen LogP contribution is -1.97. The van der Waals surface area contributed by atoms with E-state index in [9.17, 15) is 4.79 Å². The van der Waals surface area contributed by atoms with Crippen LogP contribution in [0, 0.1) is 6.92 Å². The van der Waals surface area contributed by atoms with Crippen LogP contribution in [0.15, 0.2) is 59.2 Å². The van der Waals surface area contributed by atoms with Crippen LogP contribution in [0.2, 0.25) is 0 Å². The van der Waals surface area contributed by atoms with Crippen LogP contribution in [0.1, 0.15) is 12.0 Å². The van der Waals surface area contributed by atoms with Crippen molar-refractivity contribution in [3.63, 3.8) is 0 Å². The molecule has 0 saturated heterocycles. The Morgan fingerprint density at radius 3 is 2.80 bits per heavy atom. The summed E-state index contributed by atoms with van der Waals surface area (Å²) in [6.07, 6.45) is 9.52. The normalized spacial score (nSPS) is 13.3. The van der Waals surface area contributed by atoms with Gasteiger partial charge in [-0.25, -0.2) is 0 Å². The van der Waals surface area contributed by atoms with Crippen LogP contribution in [-0.2, 0) is 4.79 Å². The van der Waals surface area contributed by atoms with Gasteiger partial charge in [-0.15, -0.1) is 12.6 Å². The lowest BCUT2D eigenvalue weighted by Gasteiger charge is -2.01. The molecule has 3 nitrogen and oxygen atoms in total. The number of carbonyl (C=O) groups is 1. The van der Waals surface area contributed by atoms with Crippen molar-refractivity contribution in [2.24, 2.45) is 5.73 Å². The number of hydrogen-bond acceptors (Lipinski definition) is 4. The first-order valence-electron chi connectivity index (χ1n) is 6.28. The van der Waals surface area contributed by atoms with Gasteiger partial charge in [0.1, 0.15) is 12.4 Å². The van der Waals surface area contributed by atoms with E-state index in [0.29, 0.717) is 0 Å². The van der Waals surface area contributed by atoms with Crippen molar-refractivity contribution in [2.75, 3.05) is 6.61 Å². The van der Waals surface area contributed by atoms with E-state index >= 15 is 0 Å². The Kier molecular flexibility index (Phi) is 7.29. The summed E-state index contributed by atoms with van der Waals surface area (Å²) < 4.78 is 5.07. The molecule has 0 bridgehead atoms. The summed E-state index contributed by atoms with van der Waals surface area (Å²) in [5, 5.41) is 0. The number of rotatable bonds is 3. The minimum atomic E-state index is 0.128. The molecule has 0 saturated carbocycles. The molecule has 0 fully saturated rings. The smallest absolute Gasteiger partial charge is 0.157 e. The second kappa shape index (κ2) is 9.04. The molecule has 106 valence electrons. The molecule has 1 aliphatic carbocycles. The molecule has 2 rings (SSSR count). The predicted molar refractivity (Wildman–Crippen MR) is 85.8 cm³/mol. The number of nitrogens with two attached hydrogens (primary N) is 1. The second-order valence-corrected chi connectivity index (χ2v) is 4.66. The highest BCUT2D eigenvalue weighted by Gasteiger charge is 1.92. The minimum absolute atomic E-state index is 0.128. The number of benzene rings is 1. The number of aldehydes is 1. The van der Waals surface area contributed by atoms with E-state index in [0.717, 1.165) is 34.6 Å². The topological polar surface area (TPSA) is 52.3 Å². The van der Waals surface area contributed by atoms with E-state index in [1.54, 1.807) is 0 Å². The van der Waals surface area contributed by atoms with Crippen molar-refractivity contribution in [3.05, 3.63) is 64.7 Å². The van der Waals surface area contributed by atoms with Crippen LogP contribution < -0.4 is 10.5 Å². The van der Waals surface area contributed by atoms with Crippen molar-refractivity contribution in [3.8, 4) is 5.75 Å². The number of allylic oxidation sites excluding steroid dienone is 4. The summed E-state index contributed by atoms with van der Waals surface area (Å²) in [6.45, 7) is 2.11. The molecule has 0 radical (unpaired) electrons. The zero-order valence-electron chi connectivity index (χ0n) is 11.5. The fourth-order valence-corrected chi connectivity index (χ4v) is 1.65. The SMILES string of the molecule is Cc1cccc(OCC=O)c1.NC1=C(S)C=CCC=C1. The third kappa shape index (κ3) is 6.29. The lowest BCUT2D eigenvalue weighted by atomic mass is 10.2. The number of hydrogen-bond donors (Lipinski definition) is 2. The third-order valence-corrected chi connectivity index (χ3v) is 2.86. The number of carbonyl (C=O) groups excluding carboxylic acids is 1. The molecule has 0 aromatic heterocycles. The molecule has 0 spiro atoms. The number of aryl methyl sites for hydroxylation is 1. The maximum Gasteiger partial charge on any atom is 0.157 e. The first-order valence-corrected chi connectivity index (χ1v) is 6.73. The Balaban J connectivity index is 0.000000204. The molecule has 0 unspecified atom stereocenters. The van der Waals surface area contributed by atoms with Gasteiger partial charge in [0.05, 0.1) is 0 Å². The zero-order valence-corrected chi connectivity index (χ0v) is 12.3. The van der Waals surface area contributed by atoms with Crippen LogP contribution in [0.4, 0.5) is 0 Å². The van der Waals surface area contributed by atoms with Gasteiger partial charge < -0.3 is 10.5 Å². The molecule has 0 amide bonds. The minimum Gasteiger partial charge on any atom is -0.486 e. The molecule has 0 aliphatic heterocycles. The third-order valence-electron chi connectivity index (χ3n) is 2.45. The van der Waals surface area contributed by atoms with Crippen LogP contribution >= 0.6 is 12.6 Å². The van der Waals surface area contributed by atoms with Gasteiger partial charge in [-0.1, -0.05) is 30.4 Å². The van der Waals surface area contributed by atoms with Crippen LogP contribution in [-0.4, -0.2) is 12.9 Å². The second-order valence-electron chi connectivity index (χ2n) is 4.18. The van der Waals surface area contributed by atoms with Gasteiger partial charge >= 0.3 is 0 Å². The van der Waals surface area contributed by atoms with Crippen molar-refractivity contribution in [1.82, 2.24) is 0 Å². The van der Waals surface area contributed by atoms with Gasteiger partial charge in [0.25, 0.3) is 0 Å². The zero-order chi connectivity index (χ0) is 14.8. The molecule has 1 aromatic carbocycles. The van der Waals surface area contributed by atoms with E-state index in [-0.39, 0.29) is 6.61 Å². The fraction of sp³-hybridized carbons (Fsp3) is 0.188. The largest absolute Gasteiger partial charge is 0.486 e. The van der Waals surface area contributed by atoms with E-state index in [2.05, 4.69) is 12.6 Å². The average molecular weight is 289 g/mol. The monoisotopic (exact) mass is 289 g/mol. The van der Waals surface area contributed by atoms with Crippen molar-refractivity contribution in [2.45, 2.75) is 13.3 Å². The molecule has 2 N–H and O–H groups in total. The van der Waals surface area contributed by atoms with E-state index in [1.807, 2.05) is 55.5 Å². The molecule has 0 atom stereocenters. The van der Waals surface area contributed by atoms with Crippen LogP contribution in [0.5, 0.6) is 5.75 Å². The van der Waals surface area contributed by atoms with Crippen molar-refractivity contribution >= 4 is 18.9 Å². The van der Waals surface area contributed by atoms with Gasteiger partial charge in [-0.2, -0.15) is 0 Å². The molecule has 20 heavy (non-hydrogen) atoms. The maximum absolute atomic E-state index is 9.94. The first kappa shape index (κ1) is 16.1. The summed E-state index contributed by atoms with van der Waals surface area (Å²) >= 11 is 4.14. The predicted octanol–water partition coefficient (Wildman–Crippen LogP) is 3.18. The fourth-order valence-electron chi connectivity index (χ4n) is 1.47. The summed E-state index contributed by atoms with van der Waals surface area (Å²) in [6, 6.07) is 7.60. The molecule has 4 heteroatoms. The molecule has 1 aromatic rings. The van der Waals surface area contributed by atoms with Crippen LogP contribution in [0.3, 0.4) is 0 Å². The van der Waals surface area contributed by atoms with E-state index in [4.69, 9.17) is 10.5 Å². The molecule has 0 heterocycles. The first-order chi connectivity index (χ1) is 9.63. The quantitative estimate of drug-likeness (QED) is 0.664. The summed E-state index contributed by atoms with van der Waals surface area (Å²) in [5.74, 6) is 0.747. The number of ether oxygens (including phenoxy) is 1. The van der Waals surface area contributed by atoms with E-state index < -0.39 is 0 Å². The van der Waals surface area contributed by atoms with Gasteiger partial charge in [-0.05, 0) is 37.1 Å². The Morgan fingerprint density at radius 2 is 2.10 bits per heavy atom. The molecular formula is C16H19NO2S. The summed E-state index contributed by atoms with van der Waals surface area (Å²) in [4.78, 5) is 10.8. The summed E-state index contributed by atoms with van der Waals surface area (Å²) in [5.41, 5.74) is 7.42. The van der Waals surface area contributed by atoms with Gasteiger partial charge in [0.2, 0.25) is 0 Å². The number of thiol groups is 1. The Labute approximate surface area is 125 Å². The molecule has 1 aliphatic rings. The molecular weight excluding hydrogens is 270 g/mol. The highest BCUT2D eigenvalue weighted by Crippen LogP contribution is 2.12. The average Bonchev–Trinajstić information content (AvgIpc) is 2.62. The Hall–Kier alpha value is -1.94. The van der Waals surface area contributed by atoms with E-state index in [1.165, 1.54) is 0 Å². The summed E-state index contributed by atoms with van der Waals surface area (Å²) in [7, 11) is 0. The lowest BCUT2D eigenvalue weighted by molar-refractivity contribution is -0.109. The Morgan fingerprint density at radius 1 is 1.35 bits per heavy atom. The van der Waals surface area contributed by atoms with Gasteiger partial charge in [0.15, 0.2) is 6.29 Å². The van der Waals surface area contributed by atoms with Gasteiger partial charge in [-0.3, -0.25) is 4.79 Å².